The van der Waals surface area contributed by atoms with Crippen LogP contribution in [-0.4, -0.2) is 140 Å². The molecule has 0 aromatic carbocycles. The first kappa shape index (κ1) is 85.8. The fourth-order valence-electron chi connectivity index (χ4n) is 13.5. The van der Waals surface area contributed by atoms with Crippen molar-refractivity contribution < 1.29 is 64.6 Å². The van der Waals surface area contributed by atoms with Gasteiger partial charge in [-0.3, -0.25) is 4.79 Å². The summed E-state index contributed by atoms with van der Waals surface area (Å²) in [6, 6.07) is -0.912. The number of allylic oxidation sites excluding steroid dienone is 1. The van der Waals surface area contributed by atoms with Crippen LogP contribution in [0.1, 0.15) is 380 Å². The Bertz CT molecular complexity index is 1570. The van der Waals surface area contributed by atoms with Gasteiger partial charge in [0.1, 0.15) is 48.8 Å². The predicted molar refractivity (Wildman–Crippen MR) is 374 cm³/mol. The highest BCUT2D eigenvalue weighted by Crippen LogP contribution is 2.30. The van der Waals surface area contributed by atoms with E-state index in [1.54, 1.807) is 6.08 Å². The van der Waals surface area contributed by atoms with Gasteiger partial charge in [0.25, 0.3) is 0 Å². The fourth-order valence-corrected chi connectivity index (χ4v) is 13.5. The third-order valence-corrected chi connectivity index (χ3v) is 19.7. The van der Waals surface area contributed by atoms with Crippen LogP contribution < -0.4 is 5.32 Å². The molecule has 2 aliphatic rings. The molecule has 2 heterocycles. The van der Waals surface area contributed by atoms with Crippen LogP contribution in [0.15, 0.2) is 12.2 Å². The van der Waals surface area contributed by atoms with Gasteiger partial charge in [0.15, 0.2) is 12.6 Å². The lowest BCUT2D eigenvalue weighted by Crippen LogP contribution is -2.65. The maximum Gasteiger partial charge on any atom is 0.220 e. The highest BCUT2D eigenvalue weighted by molar-refractivity contribution is 5.76. The standard InChI is InChI=1S/C77H149NO13/c1-3-5-7-9-11-13-15-17-19-21-23-25-27-28-29-30-31-32-33-34-35-36-37-38-39-41-43-45-47-49-51-53-55-57-59-61-69(82)78-65(64-88-76-74(87)72(85)75(68(63-80)90-76)91-77-73(86)71(84)70(83)67(62-79)89-77)66(81)60-58-56-54-52-50-48-46-44-42-40-26-24-22-20-18-16-14-12-10-8-6-4-2/h58,60,65-68,70-77,79-81,83-87H,3-57,59,61-64H2,1-2H3,(H,78,82)/b60-58+. The highest BCUT2D eigenvalue weighted by Gasteiger charge is 2.51. The summed E-state index contributed by atoms with van der Waals surface area (Å²) in [5.41, 5.74) is 0. The lowest BCUT2D eigenvalue weighted by Gasteiger charge is -2.46. The summed E-state index contributed by atoms with van der Waals surface area (Å²) in [7, 11) is 0. The maximum absolute atomic E-state index is 13.4. The average Bonchev–Trinajstić information content (AvgIpc) is 1.08. The van der Waals surface area contributed by atoms with E-state index >= 15 is 0 Å². The van der Waals surface area contributed by atoms with Crippen molar-refractivity contribution in [1.82, 2.24) is 5.32 Å². The van der Waals surface area contributed by atoms with Gasteiger partial charge >= 0.3 is 0 Å². The molecule has 12 atom stereocenters. The quantitative estimate of drug-likeness (QED) is 0.0204. The number of nitrogens with one attached hydrogen (secondary N) is 1. The summed E-state index contributed by atoms with van der Waals surface area (Å²) in [6.07, 6.45) is 61.6. The predicted octanol–water partition coefficient (Wildman–Crippen LogP) is 17.3. The number of ether oxygens (including phenoxy) is 4. The van der Waals surface area contributed by atoms with E-state index in [9.17, 15) is 45.6 Å². The Morgan fingerprint density at radius 2 is 0.681 bits per heavy atom. The monoisotopic (exact) mass is 1300 g/mol. The fraction of sp³-hybridized carbons (Fsp3) is 0.961. The van der Waals surface area contributed by atoms with E-state index in [0.717, 1.165) is 44.9 Å². The number of rotatable bonds is 67. The van der Waals surface area contributed by atoms with E-state index in [0.29, 0.717) is 0 Å². The molecule has 2 aliphatic heterocycles. The number of hydrogen-bond donors (Lipinski definition) is 9. The number of aliphatic hydroxyl groups excluding tert-OH is 8. The molecular formula is C77H149NO13. The molecule has 14 heteroatoms. The van der Waals surface area contributed by atoms with Crippen LogP contribution in [-0.2, 0) is 23.7 Å². The minimum Gasteiger partial charge on any atom is -0.394 e. The smallest absolute Gasteiger partial charge is 0.220 e. The van der Waals surface area contributed by atoms with Gasteiger partial charge < -0.3 is 65.1 Å². The highest BCUT2D eigenvalue weighted by atomic mass is 16.7. The molecule has 12 unspecified atom stereocenters. The van der Waals surface area contributed by atoms with Crippen LogP contribution in [0.3, 0.4) is 0 Å². The molecule has 2 saturated heterocycles. The summed E-state index contributed by atoms with van der Waals surface area (Å²) in [4.78, 5) is 13.4. The zero-order chi connectivity index (χ0) is 65.9. The number of aliphatic hydroxyl groups is 8. The van der Waals surface area contributed by atoms with E-state index in [-0.39, 0.29) is 18.9 Å². The lowest BCUT2D eigenvalue weighted by molar-refractivity contribution is -0.359. The summed E-state index contributed by atoms with van der Waals surface area (Å²) >= 11 is 0. The summed E-state index contributed by atoms with van der Waals surface area (Å²) in [5.74, 6) is -0.229. The first-order valence-electron chi connectivity index (χ1n) is 39.4. The SMILES string of the molecule is CCCCCCCCCCCCCCCCCCCCCC/C=C/C(O)C(COC1OC(CO)C(OC2OC(CO)C(O)C(O)C2O)C(O)C1O)NC(=O)CCCCCCCCCCCCCCCCCCCCCCCCCCCCCCCCCCCCC. The Kier molecular flexibility index (Phi) is 58.7. The van der Waals surface area contributed by atoms with Crippen molar-refractivity contribution >= 4 is 5.91 Å². The van der Waals surface area contributed by atoms with E-state index in [2.05, 4.69) is 19.2 Å². The molecule has 0 aromatic heterocycles. The van der Waals surface area contributed by atoms with E-state index < -0.39 is 86.8 Å². The van der Waals surface area contributed by atoms with Gasteiger partial charge in [-0.15, -0.1) is 0 Å². The zero-order valence-electron chi connectivity index (χ0n) is 59.1. The summed E-state index contributed by atoms with van der Waals surface area (Å²) < 4.78 is 22.9. The van der Waals surface area contributed by atoms with Crippen molar-refractivity contribution in [3.05, 3.63) is 12.2 Å². The van der Waals surface area contributed by atoms with Crippen molar-refractivity contribution in [2.45, 2.75) is 453 Å². The summed E-state index contributed by atoms with van der Waals surface area (Å²) in [5, 5.41) is 87.6. The molecule has 540 valence electrons. The molecular weight excluding hydrogens is 1150 g/mol. The lowest BCUT2D eigenvalue weighted by atomic mass is 9.97. The molecule has 0 aromatic rings. The van der Waals surface area contributed by atoms with Crippen LogP contribution >= 0.6 is 0 Å². The summed E-state index contributed by atoms with van der Waals surface area (Å²) in [6.45, 7) is 2.87. The number of amides is 1. The number of hydrogen-bond acceptors (Lipinski definition) is 13. The number of unbranched alkanes of at least 4 members (excludes halogenated alkanes) is 54. The molecule has 0 spiro atoms. The third kappa shape index (κ3) is 45.8. The van der Waals surface area contributed by atoms with E-state index in [4.69, 9.17) is 18.9 Å². The van der Waals surface area contributed by atoms with Crippen molar-refractivity contribution in [3.8, 4) is 0 Å². The molecule has 0 radical (unpaired) electrons. The molecule has 1 amide bonds. The van der Waals surface area contributed by atoms with Gasteiger partial charge in [0, 0.05) is 6.42 Å². The van der Waals surface area contributed by atoms with Crippen LogP contribution in [0.5, 0.6) is 0 Å². The second-order valence-corrected chi connectivity index (χ2v) is 28.2. The molecule has 14 nitrogen and oxygen atoms in total. The minimum absolute atomic E-state index is 0.229. The second-order valence-electron chi connectivity index (χ2n) is 28.2. The third-order valence-electron chi connectivity index (χ3n) is 19.7. The minimum atomic E-state index is -1.79. The van der Waals surface area contributed by atoms with E-state index in [1.165, 1.54) is 315 Å². The van der Waals surface area contributed by atoms with Gasteiger partial charge in [0.05, 0.1) is 32.0 Å². The zero-order valence-corrected chi connectivity index (χ0v) is 59.1. The van der Waals surface area contributed by atoms with Crippen LogP contribution in [0, 0.1) is 0 Å². The average molecular weight is 1300 g/mol. The number of carbonyl (C=O) groups is 1. The van der Waals surface area contributed by atoms with Crippen molar-refractivity contribution in [1.29, 1.82) is 0 Å². The van der Waals surface area contributed by atoms with E-state index in [1.807, 2.05) is 6.08 Å². The Hall–Kier alpha value is -1.27. The van der Waals surface area contributed by atoms with Gasteiger partial charge in [-0.25, -0.2) is 0 Å². The van der Waals surface area contributed by atoms with Crippen LogP contribution in [0.2, 0.25) is 0 Å². The topological polar surface area (TPSA) is 228 Å². The van der Waals surface area contributed by atoms with Crippen molar-refractivity contribution in [3.63, 3.8) is 0 Å². The maximum atomic E-state index is 13.4. The first-order chi connectivity index (χ1) is 44.6. The molecule has 0 saturated carbocycles. The van der Waals surface area contributed by atoms with Crippen molar-refractivity contribution in [2.75, 3.05) is 19.8 Å². The molecule has 91 heavy (non-hydrogen) atoms. The van der Waals surface area contributed by atoms with Crippen LogP contribution in [0.4, 0.5) is 0 Å². The van der Waals surface area contributed by atoms with Gasteiger partial charge in [-0.1, -0.05) is 366 Å². The van der Waals surface area contributed by atoms with Gasteiger partial charge in [-0.05, 0) is 19.3 Å². The largest absolute Gasteiger partial charge is 0.394 e. The Balaban J connectivity index is 1.59. The molecule has 0 bridgehead atoms. The molecule has 2 fully saturated rings. The van der Waals surface area contributed by atoms with Crippen LogP contribution in [0.25, 0.3) is 0 Å². The first-order valence-corrected chi connectivity index (χ1v) is 39.4. The van der Waals surface area contributed by atoms with Gasteiger partial charge in [-0.2, -0.15) is 0 Å². The van der Waals surface area contributed by atoms with Gasteiger partial charge in [0.2, 0.25) is 5.91 Å². The Morgan fingerprint density at radius 1 is 0.385 bits per heavy atom. The molecule has 2 rings (SSSR count). The normalized spacial score (nSPS) is 22.7. The van der Waals surface area contributed by atoms with Crippen molar-refractivity contribution in [2.24, 2.45) is 0 Å². The molecule has 0 aliphatic carbocycles. The number of carbonyl (C=O) groups excluding carboxylic acids is 1. The Labute approximate surface area is 558 Å². The Morgan fingerprint density at radius 3 is 1.01 bits per heavy atom. The molecule has 9 N–H and O–H groups in total. The second kappa shape index (κ2) is 62.3.